The predicted octanol–water partition coefficient (Wildman–Crippen LogP) is 1.63. The van der Waals surface area contributed by atoms with Gasteiger partial charge in [-0.15, -0.1) is 0 Å². The maximum Gasteiger partial charge on any atom is 0.304 e. The van der Waals surface area contributed by atoms with Gasteiger partial charge in [0.1, 0.15) is 5.75 Å². The molecule has 0 fully saturated rings. The van der Waals surface area contributed by atoms with Crippen molar-refractivity contribution in [1.82, 2.24) is 5.32 Å². The molecule has 0 saturated heterocycles. The van der Waals surface area contributed by atoms with Crippen LogP contribution in [0.25, 0.3) is 0 Å². The highest BCUT2D eigenvalue weighted by Crippen LogP contribution is 2.18. The Morgan fingerprint density at radius 3 is 2.70 bits per heavy atom. The van der Waals surface area contributed by atoms with E-state index in [9.17, 15) is 4.79 Å². The molecule has 0 bridgehead atoms. The summed E-state index contributed by atoms with van der Waals surface area (Å²) in [7, 11) is 3.26. The second-order valence-electron chi connectivity index (χ2n) is 4.74. The first-order valence-electron chi connectivity index (χ1n) is 6.64. The molecule has 0 radical (unpaired) electrons. The van der Waals surface area contributed by atoms with Gasteiger partial charge in [-0.2, -0.15) is 0 Å². The third-order valence-corrected chi connectivity index (χ3v) is 3.18. The Balaban J connectivity index is 2.69. The van der Waals surface area contributed by atoms with E-state index in [1.54, 1.807) is 14.2 Å². The molecule has 0 aromatic heterocycles. The minimum atomic E-state index is -0.800. The van der Waals surface area contributed by atoms with Gasteiger partial charge in [0.2, 0.25) is 0 Å². The number of aliphatic carboxylic acids is 1. The van der Waals surface area contributed by atoms with E-state index in [1.807, 2.05) is 25.1 Å². The third kappa shape index (κ3) is 5.59. The minimum Gasteiger partial charge on any atom is -0.497 e. The molecule has 0 aliphatic heterocycles. The van der Waals surface area contributed by atoms with Crippen molar-refractivity contribution in [3.63, 3.8) is 0 Å². The van der Waals surface area contributed by atoms with Gasteiger partial charge >= 0.3 is 5.97 Å². The molecule has 2 N–H and O–H groups in total. The number of ether oxygens (including phenoxy) is 2. The SMILES string of the molecule is COCCNC(CC(=O)O)Cc1ccc(OC)cc1C. The standard InChI is InChI=1S/C15H23NO4/c1-11-8-14(20-3)5-4-12(11)9-13(10-15(17)18)16-6-7-19-2/h4-5,8,13,16H,6-7,9-10H2,1-3H3,(H,17,18). The quantitative estimate of drug-likeness (QED) is 0.673. The molecule has 1 rings (SSSR count). The fourth-order valence-corrected chi connectivity index (χ4v) is 2.08. The van der Waals surface area contributed by atoms with Crippen molar-refractivity contribution >= 4 is 5.97 Å². The second kappa shape index (κ2) is 8.55. The van der Waals surface area contributed by atoms with Crippen molar-refractivity contribution in [1.29, 1.82) is 0 Å². The molecule has 0 heterocycles. The highest BCUT2D eigenvalue weighted by Gasteiger charge is 2.14. The van der Waals surface area contributed by atoms with Crippen molar-refractivity contribution in [2.75, 3.05) is 27.4 Å². The van der Waals surface area contributed by atoms with Crippen LogP contribution in [0.5, 0.6) is 5.75 Å². The van der Waals surface area contributed by atoms with Crippen molar-refractivity contribution in [2.45, 2.75) is 25.8 Å². The predicted molar refractivity (Wildman–Crippen MR) is 77.4 cm³/mol. The zero-order valence-corrected chi connectivity index (χ0v) is 12.3. The molecule has 20 heavy (non-hydrogen) atoms. The van der Waals surface area contributed by atoms with E-state index in [2.05, 4.69) is 5.32 Å². The summed E-state index contributed by atoms with van der Waals surface area (Å²) < 4.78 is 10.1. The van der Waals surface area contributed by atoms with E-state index in [0.717, 1.165) is 16.9 Å². The lowest BCUT2D eigenvalue weighted by molar-refractivity contribution is -0.137. The van der Waals surface area contributed by atoms with Crippen LogP contribution in [-0.4, -0.2) is 44.5 Å². The van der Waals surface area contributed by atoms with Crippen LogP contribution in [0.15, 0.2) is 18.2 Å². The van der Waals surface area contributed by atoms with Gasteiger partial charge in [0, 0.05) is 19.7 Å². The van der Waals surface area contributed by atoms with Gasteiger partial charge in [-0.1, -0.05) is 6.07 Å². The monoisotopic (exact) mass is 281 g/mol. The molecule has 1 aromatic carbocycles. The third-order valence-electron chi connectivity index (χ3n) is 3.18. The molecule has 0 saturated carbocycles. The number of hydrogen-bond donors (Lipinski definition) is 2. The summed E-state index contributed by atoms with van der Waals surface area (Å²) in [5, 5.41) is 12.2. The maximum absolute atomic E-state index is 10.9. The molecule has 0 aliphatic carbocycles. The number of nitrogens with one attached hydrogen (secondary N) is 1. The van der Waals surface area contributed by atoms with Crippen LogP contribution in [0.1, 0.15) is 17.5 Å². The van der Waals surface area contributed by atoms with E-state index in [1.165, 1.54) is 0 Å². The highest BCUT2D eigenvalue weighted by atomic mass is 16.5. The number of rotatable bonds is 9. The van der Waals surface area contributed by atoms with E-state index >= 15 is 0 Å². The number of benzene rings is 1. The number of carboxylic acids is 1. The molecule has 5 heteroatoms. The zero-order chi connectivity index (χ0) is 15.0. The van der Waals surface area contributed by atoms with Gasteiger partial charge in [-0.25, -0.2) is 0 Å². The average Bonchev–Trinajstić information content (AvgIpc) is 2.40. The van der Waals surface area contributed by atoms with Crippen LogP contribution in [0, 0.1) is 6.92 Å². The topological polar surface area (TPSA) is 67.8 Å². The Morgan fingerprint density at radius 1 is 1.40 bits per heavy atom. The lowest BCUT2D eigenvalue weighted by Crippen LogP contribution is -2.35. The molecule has 0 amide bonds. The van der Waals surface area contributed by atoms with E-state index in [4.69, 9.17) is 14.6 Å². The van der Waals surface area contributed by atoms with Gasteiger partial charge in [0.25, 0.3) is 0 Å². The smallest absolute Gasteiger partial charge is 0.304 e. The summed E-state index contributed by atoms with van der Waals surface area (Å²) in [4.78, 5) is 10.9. The van der Waals surface area contributed by atoms with Crippen LogP contribution < -0.4 is 10.1 Å². The zero-order valence-electron chi connectivity index (χ0n) is 12.3. The van der Waals surface area contributed by atoms with Gasteiger partial charge in [-0.3, -0.25) is 4.79 Å². The number of methoxy groups -OCH3 is 2. The first-order chi connectivity index (χ1) is 9.56. The number of aryl methyl sites for hydroxylation is 1. The Kier molecular flexibility index (Phi) is 7.04. The van der Waals surface area contributed by atoms with Gasteiger partial charge in [0.15, 0.2) is 0 Å². The summed E-state index contributed by atoms with van der Waals surface area (Å²) in [6.45, 7) is 3.21. The average molecular weight is 281 g/mol. The molecule has 5 nitrogen and oxygen atoms in total. The minimum absolute atomic E-state index is 0.0924. The Labute approximate surface area is 119 Å². The van der Waals surface area contributed by atoms with E-state index in [0.29, 0.717) is 19.6 Å². The van der Waals surface area contributed by atoms with Gasteiger partial charge < -0.3 is 19.9 Å². The molecule has 112 valence electrons. The number of carbonyl (C=O) groups is 1. The summed E-state index contributed by atoms with van der Waals surface area (Å²) >= 11 is 0. The molecule has 0 spiro atoms. The number of carboxylic acid groups (broad SMARTS) is 1. The number of hydrogen-bond acceptors (Lipinski definition) is 4. The summed E-state index contributed by atoms with van der Waals surface area (Å²) in [6, 6.07) is 5.74. The van der Waals surface area contributed by atoms with Crippen molar-refractivity contribution in [2.24, 2.45) is 0 Å². The molecule has 1 unspecified atom stereocenters. The molecular weight excluding hydrogens is 258 g/mol. The van der Waals surface area contributed by atoms with Gasteiger partial charge in [0.05, 0.1) is 20.1 Å². The van der Waals surface area contributed by atoms with E-state index < -0.39 is 5.97 Å². The first kappa shape index (κ1) is 16.5. The highest BCUT2D eigenvalue weighted by molar-refractivity contribution is 5.67. The Morgan fingerprint density at radius 2 is 2.15 bits per heavy atom. The van der Waals surface area contributed by atoms with Crippen LogP contribution >= 0.6 is 0 Å². The largest absolute Gasteiger partial charge is 0.497 e. The van der Waals surface area contributed by atoms with Crippen molar-refractivity contribution in [3.8, 4) is 5.75 Å². The Bertz CT molecular complexity index is 434. The normalized spacial score (nSPS) is 12.2. The molecule has 1 atom stereocenters. The van der Waals surface area contributed by atoms with Crippen LogP contribution in [0.3, 0.4) is 0 Å². The lowest BCUT2D eigenvalue weighted by Gasteiger charge is -2.18. The molecule has 0 aliphatic rings. The first-order valence-corrected chi connectivity index (χ1v) is 6.64. The molecule has 1 aromatic rings. The molecular formula is C15H23NO4. The van der Waals surface area contributed by atoms with E-state index in [-0.39, 0.29) is 12.5 Å². The fraction of sp³-hybridized carbons (Fsp3) is 0.533. The van der Waals surface area contributed by atoms with Crippen molar-refractivity contribution < 1.29 is 19.4 Å². The summed E-state index contributed by atoms with van der Waals surface area (Å²) in [5.74, 6) is 0.0134. The Hall–Kier alpha value is -1.59. The summed E-state index contributed by atoms with van der Waals surface area (Å²) in [6.07, 6.45) is 0.765. The van der Waals surface area contributed by atoms with Crippen LogP contribution in [-0.2, 0) is 16.0 Å². The summed E-state index contributed by atoms with van der Waals surface area (Å²) in [5.41, 5.74) is 2.23. The van der Waals surface area contributed by atoms with Crippen LogP contribution in [0.2, 0.25) is 0 Å². The van der Waals surface area contributed by atoms with Gasteiger partial charge in [-0.05, 0) is 36.6 Å². The fourth-order valence-electron chi connectivity index (χ4n) is 2.08. The van der Waals surface area contributed by atoms with Crippen LogP contribution in [0.4, 0.5) is 0 Å². The second-order valence-corrected chi connectivity index (χ2v) is 4.74. The van der Waals surface area contributed by atoms with Crippen molar-refractivity contribution in [3.05, 3.63) is 29.3 Å². The maximum atomic E-state index is 10.9. The lowest BCUT2D eigenvalue weighted by atomic mass is 9.99.